The summed E-state index contributed by atoms with van der Waals surface area (Å²) in [6, 6.07) is 6.09. The molecular formula is C21H27N3O5. The van der Waals surface area contributed by atoms with E-state index in [2.05, 4.69) is 20.8 Å². The lowest BCUT2D eigenvalue weighted by Crippen LogP contribution is -2.58. The second-order valence-electron chi connectivity index (χ2n) is 9.64. The van der Waals surface area contributed by atoms with Crippen LogP contribution in [-0.4, -0.2) is 58.3 Å². The quantitative estimate of drug-likeness (QED) is 0.558. The van der Waals surface area contributed by atoms with E-state index >= 15 is 0 Å². The molecule has 2 saturated heterocycles. The summed E-state index contributed by atoms with van der Waals surface area (Å²) in [5, 5.41) is 11.1. The largest absolute Gasteiger partial charge is 0.477 e. The van der Waals surface area contributed by atoms with Crippen molar-refractivity contribution in [2.45, 2.75) is 52.1 Å². The van der Waals surface area contributed by atoms with Gasteiger partial charge in [0.05, 0.1) is 17.0 Å². The number of piperazine rings is 1. The van der Waals surface area contributed by atoms with E-state index in [1.165, 1.54) is 12.1 Å². The van der Waals surface area contributed by atoms with Crippen LogP contribution in [0.4, 0.5) is 5.69 Å². The van der Waals surface area contributed by atoms with E-state index < -0.39 is 4.92 Å². The number of carbonyl (C=O) groups is 2. The second kappa shape index (κ2) is 6.71. The van der Waals surface area contributed by atoms with Gasteiger partial charge in [0.1, 0.15) is 0 Å². The summed E-state index contributed by atoms with van der Waals surface area (Å²) in [6.45, 7) is 7.26. The van der Waals surface area contributed by atoms with Crippen molar-refractivity contribution < 1.29 is 19.2 Å². The standard InChI is InChI=1S/C21H27N3O5/c1-20(2)12-21(3,13-20)19(26)23-10-14-8-15(23)9-22(14)18(25)11-29-17-7-5-4-6-16(17)24(27)28/h4-7,14-15H,8-13H2,1-3H3/t14-,15-/m0/s1. The number of likely N-dealkylation sites (tertiary alicyclic amines) is 2. The van der Waals surface area contributed by atoms with Gasteiger partial charge in [0.25, 0.3) is 5.91 Å². The summed E-state index contributed by atoms with van der Waals surface area (Å²) in [5.41, 5.74) is -0.211. The summed E-state index contributed by atoms with van der Waals surface area (Å²) in [6.07, 6.45) is 2.60. The van der Waals surface area contributed by atoms with Gasteiger partial charge in [-0.1, -0.05) is 32.9 Å². The van der Waals surface area contributed by atoms with E-state index in [-0.39, 0.29) is 52.8 Å². The molecule has 2 amide bonds. The van der Waals surface area contributed by atoms with Gasteiger partial charge in [-0.15, -0.1) is 0 Å². The van der Waals surface area contributed by atoms with Crippen LogP contribution >= 0.6 is 0 Å². The molecule has 1 saturated carbocycles. The lowest BCUT2D eigenvalue weighted by atomic mass is 9.54. The van der Waals surface area contributed by atoms with Crippen molar-refractivity contribution in [1.29, 1.82) is 0 Å². The molecule has 8 heteroatoms. The third kappa shape index (κ3) is 3.45. The van der Waals surface area contributed by atoms with Gasteiger partial charge in [-0.05, 0) is 30.7 Å². The SMILES string of the molecule is CC1(C)CC(C)(C(=O)N2C[C@@H]3C[C@H]2CN3C(=O)COc2ccccc2[N+](=O)[O-])C1. The highest BCUT2D eigenvalue weighted by atomic mass is 16.6. The summed E-state index contributed by atoms with van der Waals surface area (Å²) >= 11 is 0. The van der Waals surface area contributed by atoms with Gasteiger partial charge < -0.3 is 14.5 Å². The first kappa shape index (κ1) is 19.7. The van der Waals surface area contributed by atoms with Gasteiger partial charge in [-0.25, -0.2) is 0 Å². The number of para-hydroxylation sites is 2. The van der Waals surface area contributed by atoms with Gasteiger partial charge in [-0.3, -0.25) is 19.7 Å². The number of hydrogen-bond acceptors (Lipinski definition) is 5. The Bertz CT molecular complexity index is 860. The molecule has 2 bridgehead atoms. The van der Waals surface area contributed by atoms with E-state index in [4.69, 9.17) is 4.74 Å². The maximum Gasteiger partial charge on any atom is 0.310 e. The first-order chi connectivity index (χ1) is 13.6. The number of amides is 2. The smallest absolute Gasteiger partial charge is 0.310 e. The fraction of sp³-hybridized carbons (Fsp3) is 0.619. The molecule has 0 aromatic heterocycles. The molecule has 0 unspecified atom stereocenters. The zero-order chi connectivity index (χ0) is 21.0. The maximum absolute atomic E-state index is 13.0. The van der Waals surface area contributed by atoms with Crippen molar-refractivity contribution in [1.82, 2.24) is 9.80 Å². The highest BCUT2D eigenvalue weighted by molar-refractivity contribution is 5.85. The van der Waals surface area contributed by atoms with Crippen LogP contribution in [0.25, 0.3) is 0 Å². The van der Waals surface area contributed by atoms with Gasteiger partial charge in [0.15, 0.2) is 12.4 Å². The van der Waals surface area contributed by atoms with Crippen molar-refractivity contribution in [3.05, 3.63) is 34.4 Å². The highest BCUT2D eigenvalue weighted by Crippen LogP contribution is 2.55. The zero-order valence-corrected chi connectivity index (χ0v) is 17.1. The van der Waals surface area contributed by atoms with Crippen LogP contribution in [-0.2, 0) is 9.59 Å². The summed E-state index contributed by atoms with van der Waals surface area (Å²) < 4.78 is 5.44. The minimum atomic E-state index is -0.524. The minimum Gasteiger partial charge on any atom is -0.477 e. The number of nitrogens with zero attached hydrogens (tertiary/aromatic N) is 3. The van der Waals surface area contributed by atoms with Gasteiger partial charge in [0, 0.05) is 24.6 Å². The van der Waals surface area contributed by atoms with Gasteiger partial charge in [-0.2, -0.15) is 0 Å². The molecule has 3 aliphatic rings. The van der Waals surface area contributed by atoms with Crippen molar-refractivity contribution in [2.24, 2.45) is 10.8 Å². The van der Waals surface area contributed by atoms with Gasteiger partial charge in [0.2, 0.25) is 5.91 Å². The van der Waals surface area contributed by atoms with Crippen LogP contribution in [0.5, 0.6) is 5.75 Å². The Morgan fingerprint density at radius 2 is 1.76 bits per heavy atom. The second-order valence-corrected chi connectivity index (χ2v) is 9.64. The normalized spacial score (nSPS) is 26.2. The Kier molecular flexibility index (Phi) is 4.55. The van der Waals surface area contributed by atoms with Crippen LogP contribution in [0.2, 0.25) is 0 Å². The van der Waals surface area contributed by atoms with Crippen molar-refractivity contribution >= 4 is 17.5 Å². The number of nitro groups is 1. The molecule has 1 aromatic carbocycles. The zero-order valence-electron chi connectivity index (χ0n) is 17.1. The summed E-state index contributed by atoms with van der Waals surface area (Å²) in [7, 11) is 0. The molecule has 0 N–H and O–H groups in total. The topological polar surface area (TPSA) is 93.0 Å². The minimum absolute atomic E-state index is 0.00231. The number of nitro benzene ring substituents is 1. The molecule has 0 spiro atoms. The average molecular weight is 401 g/mol. The number of fused-ring (bicyclic) bond motifs is 2. The monoisotopic (exact) mass is 401 g/mol. The third-order valence-electron chi connectivity index (χ3n) is 6.49. The van der Waals surface area contributed by atoms with E-state index in [0.717, 1.165) is 19.3 Å². The molecular weight excluding hydrogens is 374 g/mol. The van der Waals surface area contributed by atoms with Crippen LogP contribution in [0, 0.1) is 20.9 Å². The lowest BCUT2D eigenvalue weighted by molar-refractivity contribution is -0.385. The molecule has 0 radical (unpaired) electrons. The predicted octanol–water partition coefficient (Wildman–Crippen LogP) is 2.61. The maximum atomic E-state index is 13.0. The van der Waals surface area contributed by atoms with E-state index in [1.807, 2.05) is 4.90 Å². The first-order valence-electron chi connectivity index (χ1n) is 10.1. The summed E-state index contributed by atoms with van der Waals surface area (Å²) in [5.74, 6) is 0.110. The highest BCUT2D eigenvalue weighted by Gasteiger charge is 2.56. The Morgan fingerprint density at radius 3 is 2.34 bits per heavy atom. The average Bonchev–Trinajstić information content (AvgIpc) is 3.24. The number of rotatable bonds is 5. The van der Waals surface area contributed by atoms with E-state index in [1.54, 1.807) is 17.0 Å². The van der Waals surface area contributed by atoms with Crippen LogP contribution < -0.4 is 4.74 Å². The first-order valence-corrected chi connectivity index (χ1v) is 10.1. The molecule has 3 fully saturated rings. The molecule has 2 heterocycles. The van der Waals surface area contributed by atoms with Crippen LogP contribution in [0.3, 0.4) is 0 Å². The number of benzene rings is 1. The lowest BCUT2D eigenvalue weighted by Gasteiger charge is -2.52. The van der Waals surface area contributed by atoms with E-state index in [0.29, 0.717) is 13.1 Å². The number of carbonyl (C=O) groups excluding carboxylic acids is 2. The molecule has 8 nitrogen and oxygen atoms in total. The fourth-order valence-corrected chi connectivity index (χ4v) is 5.73. The molecule has 4 rings (SSSR count). The third-order valence-corrected chi connectivity index (χ3v) is 6.49. The van der Waals surface area contributed by atoms with Crippen LogP contribution in [0.15, 0.2) is 24.3 Å². The summed E-state index contributed by atoms with van der Waals surface area (Å²) in [4.78, 5) is 40.0. The molecule has 2 atom stereocenters. The van der Waals surface area contributed by atoms with Gasteiger partial charge >= 0.3 is 5.69 Å². The molecule has 29 heavy (non-hydrogen) atoms. The number of hydrogen-bond donors (Lipinski definition) is 0. The Labute approximate surface area is 169 Å². The van der Waals surface area contributed by atoms with Crippen LogP contribution in [0.1, 0.15) is 40.0 Å². The number of ether oxygens (including phenoxy) is 1. The molecule has 1 aliphatic carbocycles. The Hall–Kier alpha value is -2.64. The van der Waals surface area contributed by atoms with Crippen molar-refractivity contribution in [3.63, 3.8) is 0 Å². The fourth-order valence-electron chi connectivity index (χ4n) is 5.73. The Balaban J connectivity index is 1.34. The van der Waals surface area contributed by atoms with Crippen molar-refractivity contribution in [3.8, 4) is 5.75 Å². The predicted molar refractivity (Wildman–Crippen MR) is 105 cm³/mol. The molecule has 2 aliphatic heterocycles. The molecule has 156 valence electrons. The van der Waals surface area contributed by atoms with Crippen molar-refractivity contribution in [2.75, 3.05) is 19.7 Å². The Morgan fingerprint density at radius 1 is 1.14 bits per heavy atom. The molecule has 1 aromatic rings. The van der Waals surface area contributed by atoms with E-state index in [9.17, 15) is 19.7 Å².